The van der Waals surface area contributed by atoms with Crippen molar-refractivity contribution < 1.29 is 4.79 Å². The summed E-state index contributed by atoms with van der Waals surface area (Å²) in [7, 11) is 0. The van der Waals surface area contributed by atoms with Gasteiger partial charge in [0.1, 0.15) is 0 Å². The van der Waals surface area contributed by atoms with Crippen LogP contribution in [-0.2, 0) is 0 Å². The Balaban J connectivity index is 1.71. The van der Waals surface area contributed by atoms with E-state index in [1.807, 2.05) is 34.7 Å². The van der Waals surface area contributed by atoms with Gasteiger partial charge in [0, 0.05) is 13.1 Å². The summed E-state index contributed by atoms with van der Waals surface area (Å²) >= 11 is 0. The SMILES string of the molecule is CCNCC1CCN(C(=O)c2cnn(-c3ccccc3C)c2C)CC1. The molecule has 0 bridgehead atoms. The second kappa shape index (κ2) is 7.83. The Bertz CT molecular complexity index is 729. The molecule has 0 unspecified atom stereocenters. The van der Waals surface area contributed by atoms with Gasteiger partial charge in [-0.3, -0.25) is 4.79 Å². The van der Waals surface area contributed by atoms with Crippen molar-refractivity contribution in [3.05, 3.63) is 47.3 Å². The highest BCUT2D eigenvalue weighted by atomic mass is 16.2. The molecule has 25 heavy (non-hydrogen) atoms. The van der Waals surface area contributed by atoms with E-state index in [1.54, 1.807) is 6.20 Å². The molecule has 1 saturated heterocycles. The lowest BCUT2D eigenvalue weighted by atomic mass is 9.96. The lowest BCUT2D eigenvalue weighted by Crippen LogP contribution is -2.40. The number of nitrogens with zero attached hydrogens (tertiary/aromatic N) is 3. The second-order valence-electron chi connectivity index (χ2n) is 6.89. The van der Waals surface area contributed by atoms with Crippen molar-refractivity contribution >= 4 is 5.91 Å². The van der Waals surface area contributed by atoms with E-state index in [-0.39, 0.29) is 5.91 Å². The van der Waals surface area contributed by atoms with Gasteiger partial charge in [-0.05, 0) is 57.3 Å². The molecule has 5 heteroatoms. The van der Waals surface area contributed by atoms with E-state index in [2.05, 4.69) is 30.3 Å². The van der Waals surface area contributed by atoms with Crippen molar-refractivity contribution in [2.24, 2.45) is 5.92 Å². The first-order valence-corrected chi connectivity index (χ1v) is 9.22. The Morgan fingerprint density at radius 2 is 1.96 bits per heavy atom. The number of amides is 1. The summed E-state index contributed by atoms with van der Waals surface area (Å²) < 4.78 is 1.88. The van der Waals surface area contributed by atoms with Gasteiger partial charge in [-0.1, -0.05) is 25.1 Å². The third-order valence-corrected chi connectivity index (χ3v) is 5.17. The molecular formula is C20H28N4O. The van der Waals surface area contributed by atoms with Crippen molar-refractivity contribution in [2.45, 2.75) is 33.6 Å². The van der Waals surface area contributed by atoms with Crippen LogP contribution in [0.3, 0.4) is 0 Å². The third-order valence-electron chi connectivity index (χ3n) is 5.17. The molecule has 0 aliphatic carbocycles. The molecule has 0 radical (unpaired) electrons. The average molecular weight is 340 g/mol. The highest BCUT2D eigenvalue weighted by molar-refractivity contribution is 5.95. The van der Waals surface area contributed by atoms with Gasteiger partial charge >= 0.3 is 0 Å². The van der Waals surface area contributed by atoms with Gasteiger partial charge in [0.15, 0.2) is 0 Å². The third kappa shape index (κ3) is 3.76. The van der Waals surface area contributed by atoms with Gasteiger partial charge in [-0.2, -0.15) is 5.10 Å². The van der Waals surface area contributed by atoms with E-state index in [0.29, 0.717) is 11.5 Å². The zero-order valence-electron chi connectivity index (χ0n) is 15.5. The van der Waals surface area contributed by atoms with E-state index in [1.165, 1.54) is 0 Å². The quantitative estimate of drug-likeness (QED) is 0.910. The predicted octanol–water partition coefficient (Wildman–Crippen LogP) is 2.95. The number of nitrogens with one attached hydrogen (secondary N) is 1. The monoisotopic (exact) mass is 340 g/mol. The minimum absolute atomic E-state index is 0.110. The molecule has 1 fully saturated rings. The summed E-state index contributed by atoms with van der Waals surface area (Å²) in [5.74, 6) is 0.791. The summed E-state index contributed by atoms with van der Waals surface area (Å²) in [4.78, 5) is 14.9. The summed E-state index contributed by atoms with van der Waals surface area (Å²) in [5, 5.41) is 7.89. The Hall–Kier alpha value is -2.14. The number of carbonyl (C=O) groups excluding carboxylic acids is 1. The number of aromatic nitrogens is 2. The van der Waals surface area contributed by atoms with Crippen LogP contribution >= 0.6 is 0 Å². The molecule has 2 heterocycles. The van der Waals surface area contributed by atoms with Crippen LogP contribution in [0.2, 0.25) is 0 Å². The molecule has 3 rings (SSSR count). The van der Waals surface area contributed by atoms with Crippen molar-refractivity contribution in [1.29, 1.82) is 0 Å². The van der Waals surface area contributed by atoms with Crippen LogP contribution in [0, 0.1) is 19.8 Å². The van der Waals surface area contributed by atoms with E-state index in [4.69, 9.17) is 0 Å². The lowest BCUT2D eigenvalue weighted by molar-refractivity contribution is 0.0689. The summed E-state index contributed by atoms with van der Waals surface area (Å²) in [6, 6.07) is 8.12. The first kappa shape index (κ1) is 17.7. The molecule has 1 N–H and O–H groups in total. The summed E-state index contributed by atoms with van der Waals surface area (Å²) in [6.45, 7) is 9.91. The second-order valence-corrected chi connectivity index (χ2v) is 6.89. The summed E-state index contributed by atoms with van der Waals surface area (Å²) in [5.41, 5.74) is 3.81. The molecule has 5 nitrogen and oxygen atoms in total. The first-order valence-electron chi connectivity index (χ1n) is 9.22. The van der Waals surface area contributed by atoms with E-state index in [0.717, 1.165) is 56.0 Å². The van der Waals surface area contributed by atoms with Crippen molar-refractivity contribution in [3.8, 4) is 5.69 Å². The number of piperidine rings is 1. The van der Waals surface area contributed by atoms with Gasteiger partial charge in [0.05, 0.1) is 23.1 Å². The fourth-order valence-electron chi connectivity index (χ4n) is 3.52. The van der Waals surface area contributed by atoms with Gasteiger partial charge in [-0.25, -0.2) is 4.68 Å². The Kier molecular flexibility index (Phi) is 5.53. The van der Waals surface area contributed by atoms with Crippen LogP contribution in [0.25, 0.3) is 5.69 Å². The Morgan fingerprint density at radius 1 is 1.24 bits per heavy atom. The van der Waals surface area contributed by atoms with Crippen molar-refractivity contribution in [2.75, 3.05) is 26.2 Å². The Labute approximate surface area is 150 Å². The highest BCUT2D eigenvalue weighted by Crippen LogP contribution is 2.22. The normalized spacial score (nSPS) is 15.6. The van der Waals surface area contributed by atoms with Crippen LogP contribution in [0.4, 0.5) is 0 Å². The molecule has 0 atom stereocenters. The smallest absolute Gasteiger partial charge is 0.257 e. The number of para-hydroxylation sites is 1. The van der Waals surface area contributed by atoms with Crippen LogP contribution in [0.5, 0.6) is 0 Å². The van der Waals surface area contributed by atoms with Crippen LogP contribution in [-0.4, -0.2) is 46.8 Å². The molecule has 1 aliphatic heterocycles. The molecule has 1 aromatic heterocycles. The molecule has 1 aliphatic rings. The largest absolute Gasteiger partial charge is 0.339 e. The zero-order chi connectivity index (χ0) is 17.8. The van der Waals surface area contributed by atoms with Gasteiger partial charge in [0.25, 0.3) is 5.91 Å². The standard InChI is InChI=1S/C20H28N4O/c1-4-21-13-17-9-11-23(12-10-17)20(25)18-14-22-24(16(18)3)19-8-6-5-7-15(19)2/h5-8,14,17,21H,4,9-13H2,1-3H3. The first-order chi connectivity index (χ1) is 12.1. The molecule has 1 aromatic carbocycles. The minimum Gasteiger partial charge on any atom is -0.339 e. The molecule has 0 saturated carbocycles. The molecule has 134 valence electrons. The number of carbonyl (C=O) groups is 1. The van der Waals surface area contributed by atoms with Gasteiger partial charge < -0.3 is 10.2 Å². The molecule has 1 amide bonds. The molecular weight excluding hydrogens is 312 g/mol. The van der Waals surface area contributed by atoms with E-state index in [9.17, 15) is 4.79 Å². The maximum Gasteiger partial charge on any atom is 0.257 e. The average Bonchev–Trinajstić information content (AvgIpc) is 3.01. The van der Waals surface area contributed by atoms with Crippen LogP contribution < -0.4 is 5.32 Å². The number of likely N-dealkylation sites (tertiary alicyclic amines) is 1. The number of hydrogen-bond donors (Lipinski definition) is 1. The number of aryl methyl sites for hydroxylation is 1. The fourth-order valence-corrected chi connectivity index (χ4v) is 3.52. The maximum absolute atomic E-state index is 12.9. The van der Waals surface area contributed by atoms with Gasteiger partial charge in [-0.15, -0.1) is 0 Å². The maximum atomic E-state index is 12.9. The van der Waals surface area contributed by atoms with Gasteiger partial charge in [0.2, 0.25) is 0 Å². The Morgan fingerprint density at radius 3 is 2.64 bits per heavy atom. The highest BCUT2D eigenvalue weighted by Gasteiger charge is 2.26. The molecule has 0 spiro atoms. The number of rotatable bonds is 5. The lowest BCUT2D eigenvalue weighted by Gasteiger charge is -2.32. The van der Waals surface area contributed by atoms with E-state index >= 15 is 0 Å². The van der Waals surface area contributed by atoms with E-state index < -0.39 is 0 Å². The number of benzene rings is 1. The van der Waals surface area contributed by atoms with Crippen molar-refractivity contribution in [1.82, 2.24) is 20.0 Å². The minimum atomic E-state index is 0.110. The topological polar surface area (TPSA) is 50.2 Å². The van der Waals surface area contributed by atoms with Crippen LogP contribution in [0.15, 0.2) is 30.5 Å². The zero-order valence-corrected chi connectivity index (χ0v) is 15.5. The van der Waals surface area contributed by atoms with Crippen molar-refractivity contribution in [3.63, 3.8) is 0 Å². The number of hydrogen-bond acceptors (Lipinski definition) is 3. The molecule has 2 aromatic rings. The summed E-state index contributed by atoms with van der Waals surface area (Å²) in [6.07, 6.45) is 3.86. The predicted molar refractivity (Wildman–Crippen MR) is 100 cm³/mol. The van der Waals surface area contributed by atoms with Crippen LogP contribution in [0.1, 0.15) is 41.4 Å². The fraction of sp³-hybridized carbons (Fsp3) is 0.500.